The van der Waals surface area contributed by atoms with Crippen LogP contribution >= 0.6 is 0 Å². The van der Waals surface area contributed by atoms with Gasteiger partial charge < -0.3 is 10.1 Å². The third kappa shape index (κ3) is 4.79. The van der Waals surface area contributed by atoms with Gasteiger partial charge in [0, 0.05) is 0 Å². The molecule has 0 saturated carbocycles. The topological polar surface area (TPSA) is 21.3 Å². The number of benzene rings is 1. The standard InChI is InChI=1S/C16H27NO/c1-7-17-15(11-18-16(4,5)6)14-9-8-12(2)13(3)10-14/h8-10,15,17H,7,11H2,1-6H3. The summed E-state index contributed by atoms with van der Waals surface area (Å²) in [4.78, 5) is 0. The first-order chi connectivity index (χ1) is 8.33. The van der Waals surface area contributed by atoms with E-state index in [4.69, 9.17) is 4.74 Å². The molecule has 1 rings (SSSR count). The highest BCUT2D eigenvalue weighted by atomic mass is 16.5. The highest BCUT2D eigenvalue weighted by molar-refractivity contribution is 5.31. The van der Waals surface area contributed by atoms with E-state index in [1.807, 2.05) is 0 Å². The molecule has 1 N–H and O–H groups in total. The van der Waals surface area contributed by atoms with Crippen molar-refractivity contribution in [2.24, 2.45) is 0 Å². The van der Waals surface area contributed by atoms with Gasteiger partial charge in [-0.05, 0) is 57.9 Å². The van der Waals surface area contributed by atoms with Crippen LogP contribution in [0.2, 0.25) is 0 Å². The lowest BCUT2D eigenvalue weighted by Crippen LogP contribution is -2.30. The maximum absolute atomic E-state index is 5.91. The molecule has 0 heterocycles. The van der Waals surface area contributed by atoms with Crippen molar-refractivity contribution in [3.8, 4) is 0 Å². The molecule has 18 heavy (non-hydrogen) atoms. The Hall–Kier alpha value is -0.860. The van der Waals surface area contributed by atoms with Crippen LogP contribution in [-0.4, -0.2) is 18.8 Å². The van der Waals surface area contributed by atoms with Gasteiger partial charge in [-0.3, -0.25) is 0 Å². The predicted molar refractivity (Wildman–Crippen MR) is 78.0 cm³/mol. The Bertz CT molecular complexity index is 379. The van der Waals surface area contributed by atoms with Crippen LogP contribution in [0.4, 0.5) is 0 Å². The van der Waals surface area contributed by atoms with E-state index >= 15 is 0 Å². The Morgan fingerprint density at radius 3 is 2.33 bits per heavy atom. The molecule has 0 fully saturated rings. The quantitative estimate of drug-likeness (QED) is 0.857. The summed E-state index contributed by atoms with van der Waals surface area (Å²) in [5, 5.41) is 3.49. The smallest absolute Gasteiger partial charge is 0.0668 e. The van der Waals surface area contributed by atoms with Crippen molar-refractivity contribution in [3.63, 3.8) is 0 Å². The van der Waals surface area contributed by atoms with Crippen LogP contribution in [0.15, 0.2) is 18.2 Å². The van der Waals surface area contributed by atoms with Gasteiger partial charge in [-0.25, -0.2) is 0 Å². The van der Waals surface area contributed by atoms with Crippen molar-refractivity contribution < 1.29 is 4.74 Å². The Morgan fingerprint density at radius 2 is 1.83 bits per heavy atom. The Balaban J connectivity index is 2.80. The lowest BCUT2D eigenvalue weighted by molar-refractivity contribution is -0.0146. The van der Waals surface area contributed by atoms with Gasteiger partial charge in [-0.1, -0.05) is 25.1 Å². The molecule has 102 valence electrons. The van der Waals surface area contributed by atoms with E-state index in [1.165, 1.54) is 16.7 Å². The van der Waals surface area contributed by atoms with Crippen LogP contribution in [0.3, 0.4) is 0 Å². The van der Waals surface area contributed by atoms with Gasteiger partial charge in [0.2, 0.25) is 0 Å². The largest absolute Gasteiger partial charge is 0.374 e. The molecule has 2 nitrogen and oxygen atoms in total. The van der Waals surface area contributed by atoms with Gasteiger partial charge in [-0.2, -0.15) is 0 Å². The fourth-order valence-electron chi connectivity index (χ4n) is 1.83. The van der Waals surface area contributed by atoms with E-state index in [1.54, 1.807) is 0 Å². The molecule has 2 heteroatoms. The van der Waals surface area contributed by atoms with Crippen LogP contribution in [0.1, 0.15) is 50.4 Å². The zero-order valence-corrected chi connectivity index (χ0v) is 12.6. The monoisotopic (exact) mass is 249 g/mol. The zero-order chi connectivity index (χ0) is 13.8. The van der Waals surface area contributed by atoms with Crippen molar-refractivity contribution in [2.75, 3.05) is 13.2 Å². The Morgan fingerprint density at radius 1 is 1.17 bits per heavy atom. The van der Waals surface area contributed by atoms with Crippen molar-refractivity contribution in [1.29, 1.82) is 0 Å². The van der Waals surface area contributed by atoms with Crippen molar-refractivity contribution in [3.05, 3.63) is 34.9 Å². The first kappa shape index (κ1) is 15.2. The Kier molecular flexibility index (Phi) is 5.36. The fourth-order valence-corrected chi connectivity index (χ4v) is 1.83. The molecule has 1 unspecified atom stereocenters. The van der Waals surface area contributed by atoms with Gasteiger partial charge >= 0.3 is 0 Å². The molecule has 1 aromatic carbocycles. The van der Waals surface area contributed by atoms with Crippen molar-refractivity contribution >= 4 is 0 Å². The second-order valence-corrected chi connectivity index (χ2v) is 5.88. The molecule has 0 aliphatic heterocycles. The van der Waals surface area contributed by atoms with Gasteiger partial charge in [-0.15, -0.1) is 0 Å². The maximum atomic E-state index is 5.91. The van der Waals surface area contributed by atoms with Crippen molar-refractivity contribution in [2.45, 2.75) is 53.2 Å². The molecule has 0 saturated heterocycles. The van der Waals surface area contributed by atoms with Gasteiger partial charge in [0.05, 0.1) is 18.2 Å². The van der Waals surface area contributed by atoms with Gasteiger partial charge in [0.1, 0.15) is 0 Å². The molecule has 0 aliphatic rings. The van der Waals surface area contributed by atoms with E-state index in [0.29, 0.717) is 6.61 Å². The predicted octanol–water partition coefficient (Wildman–Crippen LogP) is 3.77. The van der Waals surface area contributed by atoms with Gasteiger partial charge in [0.25, 0.3) is 0 Å². The summed E-state index contributed by atoms with van der Waals surface area (Å²) in [6.45, 7) is 14.4. The van der Waals surface area contributed by atoms with E-state index in [0.717, 1.165) is 6.54 Å². The molecular formula is C16H27NO. The van der Waals surface area contributed by atoms with Gasteiger partial charge in [0.15, 0.2) is 0 Å². The number of aryl methyl sites for hydroxylation is 2. The molecule has 0 amide bonds. The maximum Gasteiger partial charge on any atom is 0.0668 e. The molecule has 1 aromatic rings. The van der Waals surface area contributed by atoms with Crippen LogP contribution < -0.4 is 5.32 Å². The number of rotatable bonds is 5. The molecule has 0 bridgehead atoms. The van der Waals surface area contributed by atoms with Crippen molar-refractivity contribution in [1.82, 2.24) is 5.32 Å². The summed E-state index contributed by atoms with van der Waals surface area (Å²) < 4.78 is 5.91. The first-order valence-electron chi connectivity index (χ1n) is 6.78. The van der Waals surface area contributed by atoms with Crippen LogP contribution in [0.25, 0.3) is 0 Å². The molecular weight excluding hydrogens is 222 g/mol. The number of hydrogen-bond acceptors (Lipinski definition) is 2. The molecule has 0 aliphatic carbocycles. The zero-order valence-electron chi connectivity index (χ0n) is 12.6. The first-order valence-corrected chi connectivity index (χ1v) is 6.78. The summed E-state index contributed by atoms with van der Waals surface area (Å²) in [7, 11) is 0. The van der Waals surface area contributed by atoms with E-state index in [-0.39, 0.29) is 11.6 Å². The van der Waals surface area contributed by atoms with Crippen LogP contribution in [-0.2, 0) is 4.74 Å². The molecule has 1 atom stereocenters. The third-order valence-electron chi connectivity index (χ3n) is 3.07. The number of likely N-dealkylation sites (N-methyl/N-ethyl adjacent to an activating group) is 1. The lowest BCUT2D eigenvalue weighted by Gasteiger charge is -2.25. The molecule has 0 radical (unpaired) electrons. The van der Waals surface area contributed by atoms with E-state index in [2.05, 4.69) is 65.1 Å². The summed E-state index contributed by atoms with van der Waals surface area (Å²) in [6.07, 6.45) is 0. The summed E-state index contributed by atoms with van der Waals surface area (Å²) >= 11 is 0. The minimum Gasteiger partial charge on any atom is -0.374 e. The number of nitrogens with one attached hydrogen (secondary N) is 1. The summed E-state index contributed by atoms with van der Waals surface area (Å²) in [5.74, 6) is 0. The number of hydrogen-bond donors (Lipinski definition) is 1. The second-order valence-electron chi connectivity index (χ2n) is 5.88. The average molecular weight is 249 g/mol. The van der Waals surface area contributed by atoms with Crippen LogP contribution in [0.5, 0.6) is 0 Å². The summed E-state index contributed by atoms with van der Waals surface area (Å²) in [6, 6.07) is 6.91. The minimum absolute atomic E-state index is 0.0899. The highest BCUT2D eigenvalue weighted by Gasteiger charge is 2.16. The Labute approximate surface area is 112 Å². The SMILES string of the molecule is CCNC(COC(C)(C)C)c1ccc(C)c(C)c1. The highest BCUT2D eigenvalue weighted by Crippen LogP contribution is 2.19. The van der Waals surface area contributed by atoms with E-state index in [9.17, 15) is 0 Å². The third-order valence-corrected chi connectivity index (χ3v) is 3.07. The molecule has 0 spiro atoms. The summed E-state index contributed by atoms with van der Waals surface area (Å²) in [5.41, 5.74) is 3.90. The normalized spacial score (nSPS) is 13.7. The van der Waals surface area contributed by atoms with Crippen LogP contribution in [0, 0.1) is 13.8 Å². The average Bonchev–Trinajstić information content (AvgIpc) is 2.27. The fraction of sp³-hybridized carbons (Fsp3) is 0.625. The molecule has 0 aromatic heterocycles. The van der Waals surface area contributed by atoms with E-state index < -0.39 is 0 Å². The number of ether oxygens (including phenoxy) is 1. The lowest BCUT2D eigenvalue weighted by atomic mass is 10.0. The minimum atomic E-state index is -0.0899. The second kappa shape index (κ2) is 6.35.